The maximum absolute atomic E-state index is 11.7. The molecule has 0 aliphatic heterocycles. The van der Waals surface area contributed by atoms with Crippen LogP contribution in [0.5, 0.6) is 0 Å². The molecule has 0 aromatic rings. The Hall–Kier alpha value is -0.810. The van der Waals surface area contributed by atoms with E-state index in [1.54, 1.807) is 0 Å². The summed E-state index contributed by atoms with van der Waals surface area (Å²) in [6, 6.07) is 0.877. The van der Waals surface area contributed by atoms with Crippen LogP contribution in [0.15, 0.2) is 0 Å². The lowest BCUT2D eigenvalue weighted by molar-refractivity contribution is 0.0501. The first-order chi connectivity index (χ1) is 9.84. The first-order valence-electron chi connectivity index (χ1n) is 8.34. The third-order valence-corrected chi connectivity index (χ3v) is 4.32. The van der Waals surface area contributed by atoms with Gasteiger partial charge in [0.2, 0.25) is 0 Å². The number of aliphatic hydroxyl groups is 1. The van der Waals surface area contributed by atoms with Crippen LogP contribution in [-0.4, -0.2) is 53.4 Å². The average molecular weight is 299 g/mol. The molecule has 1 rings (SSSR count). The van der Waals surface area contributed by atoms with Gasteiger partial charge in [0.05, 0.1) is 5.60 Å². The lowest BCUT2D eigenvalue weighted by atomic mass is 10.0. The molecular weight excluding hydrogens is 266 g/mol. The van der Waals surface area contributed by atoms with Crippen LogP contribution in [-0.2, 0) is 0 Å². The van der Waals surface area contributed by atoms with E-state index in [-0.39, 0.29) is 6.03 Å². The monoisotopic (exact) mass is 299 g/mol. The molecule has 0 saturated heterocycles. The van der Waals surface area contributed by atoms with Crippen molar-refractivity contribution in [1.29, 1.82) is 0 Å². The molecule has 0 atom stereocenters. The number of carbonyl (C=O) groups is 1. The quantitative estimate of drug-likeness (QED) is 0.601. The first kappa shape index (κ1) is 18.2. The van der Waals surface area contributed by atoms with Crippen molar-refractivity contribution in [3.8, 4) is 0 Å². The van der Waals surface area contributed by atoms with Gasteiger partial charge in [0, 0.05) is 31.7 Å². The van der Waals surface area contributed by atoms with Crippen molar-refractivity contribution >= 4 is 6.03 Å². The Bertz CT molecular complexity index is 305. The smallest absolute Gasteiger partial charge is 0.314 e. The summed E-state index contributed by atoms with van der Waals surface area (Å²) in [4.78, 5) is 14.1. The summed E-state index contributed by atoms with van der Waals surface area (Å²) >= 11 is 0. The molecule has 5 heteroatoms. The molecule has 3 N–H and O–H groups in total. The molecule has 21 heavy (non-hydrogen) atoms. The normalized spacial score (nSPS) is 17.7. The summed E-state index contributed by atoms with van der Waals surface area (Å²) in [5, 5.41) is 15.8. The van der Waals surface area contributed by atoms with Crippen molar-refractivity contribution in [2.75, 3.05) is 19.6 Å². The topological polar surface area (TPSA) is 64.6 Å². The molecule has 0 aromatic carbocycles. The van der Waals surface area contributed by atoms with E-state index in [0.717, 1.165) is 38.6 Å². The van der Waals surface area contributed by atoms with Crippen LogP contribution in [0.25, 0.3) is 0 Å². The summed E-state index contributed by atoms with van der Waals surface area (Å²) in [6.45, 7) is 10.8. The molecule has 1 aliphatic rings. The average Bonchev–Trinajstić information content (AvgIpc) is 2.83. The molecule has 0 bridgehead atoms. The molecule has 0 radical (unpaired) electrons. The molecule has 0 heterocycles. The van der Waals surface area contributed by atoms with E-state index in [4.69, 9.17) is 0 Å². The fourth-order valence-electron chi connectivity index (χ4n) is 3.09. The Kier molecular flexibility index (Phi) is 7.46. The number of hydrogen-bond donors (Lipinski definition) is 3. The van der Waals surface area contributed by atoms with Crippen LogP contribution in [0.2, 0.25) is 0 Å². The Balaban J connectivity index is 2.13. The van der Waals surface area contributed by atoms with Gasteiger partial charge >= 0.3 is 6.03 Å². The van der Waals surface area contributed by atoms with E-state index >= 15 is 0 Å². The van der Waals surface area contributed by atoms with E-state index in [1.807, 2.05) is 0 Å². The van der Waals surface area contributed by atoms with Gasteiger partial charge in [-0.3, -0.25) is 4.90 Å². The summed E-state index contributed by atoms with van der Waals surface area (Å²) in [6.07, 6.45) is 4.64. The van der Waals surface area contributed by atoms with Crippen molar-refractivity contribution in [2.24, 2.45) is 0 Å². The number of nitrogens with one attached hydrogen (secondary N) is 2. The standard InChI is InChI=1S/C16H33N3O2/c1-13(2)19(14(3)4)11-7-10-17-15(20)18-12-16(21)8-5-6-9-16/h13-14,21H,5-12H2,1-4H3,(H2,17,18,20). The SMILES string of the molecule is CC(C)N(CCCNC(=O)NCC1(O)CCCC1)C(C)C. The second-order valence-electron chi connectivity index (χ2n) is 6.82. The van der Waals surface area contributed by atoms with Crippen LogP contribution in [0.4, 0.5) is 4.79 Å². The summed E-state index contributed by atoms with van der Waals surface area (Å²) in [5.74, 6) is 0. The van der Waals surface area contributed by atoms with Crippen molar-refractivity contribution in [2.45, 2.75) is 77.5 Å². The lowest BCUT2D eigenvalue weighted by Gasteiger charge is -2.30. The van der Waals surface area contributed by atoms with Crippen molar-refractivity contribution in [3.63, 3.8) is 0 Å². The van der Waals surface area contributed by atoms with E-state index in [0.29, 0.717) is 25.2 Å². The van der Waals surface area contributed by atoms with Crippen LogP contribution in [0.1, 0.15) is 59.8 Å². The van der Waals surface area contributed by atoms with Gasteiger partial charge in [-0.05, 0) is 47.0 Å². The Labute approximate surface area is 129 Å². The number of rotatable bonds is 8. The molecule has 0 unspecified atom stereocenters. The number of urea groups is 1. The Morgan fingerprint density at radius 3 is 2.24 bits per heavy atom. The number of nitrogens with zero attached hydrogens (tertiary/aromatic N) is 1. The maximum atomic E-state index is 11.7. The highest BCUT2D eigenvalue weighted by Gasteiger charge is 2.31. The fraction of sp³-hybridized carbons (Fsp3) is 0.938. The summed E-state index contributed by atoms with van der Waals surface area (Å²) in [5.41, 5.74) is -0.677. The molecule has 1 aliphatic carbocycles. The summed E-state index contributed by atoms with van der Waals surface area (Å²) < 4.78 is 0. The predicted octanol–water partition coefficient (Wildman–Crippen LogP) is 2.10. The highest BCUT2D eigenvalue weighted by molar-refractivity contribution is 5.73. The largest absolute Gasteiger partial charge is 0.388 e. The van der Waals surface area contributed by atoms with Gasteiger partial charge in [-0.1, -0.05) is 12.8 Å². The third-order valence-electron chi connectivity index (χ3n) is 4.32. The molecule has 124 valence electrons. The van der Waals surface area contributed by atoms with Crippen LogP contribution >= 0.6 is 0 Å². The third kappa shape index (κ3) is 6.66. The molecule has 0 aromatic heterocycles. The minimum absolute atomic E-state index is 0.170. The van der Waals surface area contributed by atoms with Gasteiger partial charge in [-0.15, -0.1) is 0 Å². The van der Waals surface area contributed by atoms with Crippen molar-refractivity contribution in [3.05, 3.63) is 0 Å². The van der Waals surface area contributed by atoms with Crippen LogP contribution in [0, 0.1) is 0 Å². The molecule has 0 spiro atoms. The second kappa shape index (κ2) is 8.59. The zero-order valence-electron chi connectivity index (χ0n) is 14.1. The summed E-state index contributed by atoms with van der Waals surface area (Å²) in [7, 11) is 0. The Morgan fingerprint density at radius 1 is 1.14 bits per heavy atom. The van der Waals surface area contributed by atoms with Gasteiger partial charge in [0.1, 0.15) is 0 Å². The van der Waals surface area contributed by atoms with Crippen LogP contribution in [0.3, 0.4) is 0 Å². The van der Waals surface area contributed by atoms with Crippen molar-refractivity contribution < 1.29 is 9.90 Å². The van der Waals surface area contributed by atoms with Crippen molar-refractivity contribution in [1.82, 2.24) is 15.5 Å². The highest BCUT2D eigenvalue weighted by atomic mass is 16.3. The molecule has 1 saturated carbocycles. The minimum atomic E-state index is -0.677. The van der Waals surface area contributed by atoms with Gasteiger partial charge in [0.15, 0.2) is 0 Å². The zero-order chi connectivity index (χ0) is 15.9. The number of amides is 2. The van der Waals surface area contributed by atoms with Gasteiger partial charge in [0.25, 0.3) is 0 Å². The van der Waals surface area contributed by atoms with Gasteiger partial charge in [-0.25, -0.2) is 4.79 Å². The van der Waals surface area contributed by atoms with Crippen LogP contribution < -0.4 is 10.6 Å². The lowest BCUT2D eigenvalue weighted by Crippen LogP contribution is -2.45. The molecule has 1 fully saturated rings. The highest BCUT2D eigenvalue weighted by Crippen LogP contribution is 2.28. The zero-order valence-corrected chi connectivity index (χ0v) is 14.1. The predicted molar refractivity (Wildman–Crippen MR) is 86.4 cm³/mol. The second-order valence-corrected chi connectivity index (χ2v) is 6.82. The minimum Gasteiger partial charge on any atom is -0.388 e. The first-order valence-corrected chi connectivity index (χ1v) is 8.34. The Morgan fingerprint density at radius 2 is 1.71 bits per heavy atom. The maximum Gasteiger partial charge on any atom is 0.314 e. The van der Waals surface area contributed by atoms with E-state index in [9.17, 15) is 9.90 Å². The number of hydrogen-bond acceptors (Lipinski definition) is 3. The molecule has 2 amide bonds. The van der Waals surface area contributed by atoms with Gasteiger partial charge in [-0.2, -0.15) is 0 Å². The number of carbonyl (C=O) groups excluding carboxylic acids is 1. The van der Waals surface area contributed by atoms with Gasteiger partial charge < -0.3 is 15.7 Å². The van der Waals surface area contributed by atoms with E-state index in [2.05, 4.69) is 43.2 Å². The fourth-order valence-corrected chi connectivity index (χ4v) is 3.09. The molecule has 5 nitrogen and oxygen atoms in total. The molecular formula is C16H33N3O2. The van der Waals surface area contributed by atoms with E-state index in [1.165, 1.54) is 0 Å². The van der Waals surface area contributed by atoms with E-state index < -0.39 is 5.60 Å².